The molecule has 1 rings (SSSR count). The maximum Gasteiger partial charge on any atom is 0.319 e. The van der Waals surface area contributed by atoms with Gasteiger partial charge in [-0.3, -0.25) is 4.79 Å². The molecule has 0 radical (unpaired) electrons. The molecule has 94 valence electrons. The molecule has 0 bridgehead atoms. The van der Waals surface area contributed by atoms with Crippen molar-refractivity contribution >= 4 is 28.6 Å². The molecular weight excluding hydrogens is 319 g/mol. The van der Waals surface area contributed by atoms with Crippen LogP contribution in [0.4, 0.5) is 0 Å². The normalized spacial score (nSPS) is 18.6. The average Bonchev–Trinajstić information content (AvgIpc) is 2.80. The van der Waals surface area contributed by atoms with Crippen molar-refractivity contribution in [3.05, 3.63) is 0 Å². The van der Waals surface area contributed by atoms with Crippen molar-refractivity contribution in [2.24, 2.45) is 0 Å². The smallest absolute Gasteiger partial charge is 0.319 e. The van der Waals surface area contributed by atoms with Gasteiger partial charge < -0.3 is 15.0 Å². The molecular formula is C11H21IN2O2. The summed E-state index contributed by atoms with van der Waals surface area (Å²) in [5.41, 5.74) is 0. The van der Waals surface area contributed by atoms with Crippen LogP contribution >= 0.6 is 22.6 Å². The number of hydrogen-bond acceptors (Lipinski definition) is 4. The minimum absolute atomic E-state index is 0.0746. The van der Waals surface area contributed by atoms with E-state index in [1.54, 1.807) is 0 Å². The molecule has 4 nitrogen and oxygen atoms in total. The highest BCUT2D eigenvalue weighted by Crippen LogP contribution is 2.07. The first-order valence-electron chi connectivity index (χ1n) is 5.89. The van der Waals surface area contributed by atoms with Crippen LogP contribution in [-0.4, -0.2) is 54.6 Å². The number of esters is 1. The third-order valence-electron chi connectivity index (χ3n) is 2.81. The molecule has 1 unspecified atom stereocenters. The SMILES string of the molecule is COC(=O)C(I)CNCCCN1CCCC1. The Morgan fingerprint density at radius 2 is 2.19 bits per heavy atom. The van der Waals surface area contributed by atoms with E-state index in [1.165, 1.54) is 39.6 Å². The van der Waals surface area contributed by atoms with Gasteiger partial charge >= 0.3 is 5.97 Å². The van der Waals surface area contributed by atoms with Crippen molar-refractivity contribution in [1.82, 2.24) is 10.2 Å². The van der Waals surface area contributed by atoms with Gasteiger partial charge in [-0.05, 0) is 45.4 Å². The Kier molecular flexibility index (Phi) is 7.31. The van der Waals surface area contributed by atoms with Gasteiger partial charge in [0.2, 0.25) is 0 Å². The van der Waals surface area contributed by atoms with E-state index >= 15 is 0 Å². The maximum absolute atomic E-state index is 11.1. The summed E-state index contributed by atoms with van der Waals surface area (Å²) in [6, 6.07) is 0. The van der Waals surface area contributed by atoms with Gasteiger partial charge in [-0.2, -0.15) is 0 Å². The van der Waals surface area contributed by atoms with Gasteiger partial charge in [0.25, 0.3) is 0 Å². The van der Waals surface area contributed by atoms with Crippen molar-refractivity contribution in [3.63, 3.8) is 0 Å². The van der Waals surface area contributed by atoms with Gasteiger partial charge in [-0.1, -0.05) is 22.6 Å². The number of halogens is 1. The van der Waals surface area contributed by atoms with Crippen LogP contribution in [0.1, 0.15) is 19.3 Å². The van der Waals surface area contributed by atoms with Gasteiger partial charge in [0.05, 0.1) is 7.11 Å². The van der Waals surface area contributed by atoms with Gasteiger partial charge in [0.15, 0.2) is 0 Å². The first-order chi connectivity index (χ1) is 7.74. The minimum atomic E-state index is -0.146. The van der Waals surface area contributed by atoms with Crippen molar-refractivity contribution < 1.29 is 9.53 Å². The lowest BCUT2D eigenvalue weighted by Crippen LogP contribution is -2.31. The summed E-state index contributed by atoms with van der Waals surface area (Å²) >= 11 is 2.11. The van der Waals surface area contributed by atoms with Crippen LogP contribution < -0.4 is 5.32 Å². The second kappa shape index (κ2) is 8.25. The monoisotopic (exact) mass is 340 g/mol. The largest absolute Gasteiger partial charge is 0.468 e. The summed E-state index contributed by atoms with van der Waals surface area (Å²) in [7, 11) is 1.43. The van der Waals surface area contributed by atoms with Crippen LogP contribution in [0, 0.1) is 0 Å². The zero-order valence-electron chi connectivity index (χ0n) is 9.88. The summed E-state index contributed by atoms with van der Waals surface area (Å²) in [4.78, 5) is 13.6. The lowest BCUT2D eigenvalue weighted by atomic mass is 10.3. The summed E-state index contributed by atoms with van der Waals surface area (Å²) in [5.74, 6) is -0.146. The molecule has 1 N–H and O–H groups in total. The first kappa shape index (κ1) is 14.2. The molecule has 5 heteroatoms. The number of rotatable bonds is 7. The molecule has 1 aliphatic rings. The summed E-state index contributed by atoms with van der Waals surface area (Å²) in [6.45, 7) is 5.38. The predicted molar refractivity (Wildman–Crippen MR) is 73.0 cm³/mol. The number of alkyl halides is 1. The Morgan fingerprint density at radius 1 is 1.50 bits per heavy atom. The second-order valence-electron chi connectivity index (χ2n) is 4.10. The van der Waals surface area contributed by atoms with Gasteiger partial charge in [0.1, 0.15) is 3.92 Å². The van der Waals surface area contributed by atoms with E-state index in [2.05, 4.69) is 37.5 Å². The third-order valence-corrected chi connectivity index (χ3v) is 3.76. The van der Waals surface area contributed by atoms with Crippen molar-refractivity contribution in [2.45, 2.75) is 23.2 Å². The Hall–Kier alpha value is 0.120. The molecule has 0 saturated carbocycles. The highest BCUT2D eigenvalue weighted by Gasteiger charge is 2.14. The Labute approximate surface area is 111 Å². The fourth-order valence-electron chi connectivity index (χ4n) is 1.87. The van der Waals surface area contributed by atoms with Crippen molar-refractivity contribution in [3.8, 4) is 0 Å². The van der Waals surface area contributed by atoms with Crippen LogP contribution in [0.3, 0.4) is 0 Å². The van der Waals surface area contributed by atoms with Gasteiger partial charge in [-0.15, -0.1) is 0 Å². The van der Waals surface area contributed by atoms with Crippen molar-refractivity contribution in [2.75, 3.05) is 39.8 Å². The Bertz CT molecular complexity index is 208. The fraction of sp³-hybridized carbons (Fsp3) is 0.909. The zero-order chi connectivity index (χ0) is 11.8. The quantitative estimate of drug-likeness (QED) is 0.325. The van der Waals surface area contributed by atoms with Crippen LogP contribution in [-0.2, 0) is 9.53 Å². The summed E-state index contributed by atoms with van der Waals surface area (Å²) in [6.07, 6.45) is 3.86. The maximum atomic E-state index is 11.1. The van der Waals surface area contributed by atoms with Gasteiger partial charge in [0, 0.05) is 6.54 Å². The summed E-state index contributed by atoms with van der Waals surface area (Å²) < 4.78 is 4.58. The van der Waals surface area contributed by atoms with Crippen LogP contribution in [0.25, 0.3) is 0 Å². The molecule has 1 saturated heterocycles. The molecule has 1 fully saturated rings. The number of carbonyl (C=O) groups excluding carboxylic acids is 1. The van der Waals surface area contributed by atoms with Crippen LogP contribution in [0.5, 0.6) is 0 Å². The molecule has 0 aromatic heterocycles. The van der Waals surface area contributed by atoms with E-state index in [-0.39, 0.29) is 9.89 Å². The first-order valence-corrected chi connectivity index (χ1v) is 7.13. The molecule has 0 aromatic rings. The highest BCUT2D eigenvalue weighted by atomic mass is 127. The molecule has 0 spiro atoms. The van der Waals surface area contributed by atoms with Crippen LogP contribution in [0.2, 0.25) is 0 Å². The van der Waals surface area contributed by atoms with E-state index in [1.807, 2.05) is 0 Å². The molecule has 16 heavy (non-hydrogen) atoms. The number of methoxy groups -OCH3 is 1. The number of nitrogens with one attached hydrogen (secondary N) is 1. The van der Waals surface area contributed by atoms with E-state index in [0.29, 0.717) is 6.54 Å². The Morgan fingerprint density at radius 3 is 2.81 bits per heavy atom. The van der Waals surface area contributed by atoms with E-state index in [4.69, 9.17) is 0 Å². The minimum Gasteiger partial charge on any atom is -0.468 e. The van der Waals surface area contributed by atoms with E-state index < -0.39 is 0 Å². The molecule has 0 aromatic carbocycles. The number of ether oxygens (including phenoxy) is 1. The molecule has 1 atom stereocenters. The van der Waals surface area contributed by atoms with E-state index in [9.17, 15) is 4.79 Å². The number of carbonyl (C=O) groups is 1. The zero-order valence-corrected chi connectivity index (χ0v) is 12.0. The molecule has 0 aliphatic carbocycles. The van der Waals surface area contributed by atoms with Gasteiger partial charge in [-0.25, -0.2) is 0 Å². The number of nitrogens with zero attached hydrogens (tertiary/aromatic N) is 1. The number of likely N-dealkylation sites (tertiary alicyclic amines) is 1. The molecule has 1 aliphatic heterocycles. The summed E-state index contributed by atoms with van der Waals surface area (Å²) in [5, 5.41) is 3.29. The predicted octanol–water partition coefficient (Wildman–Crippen LogP) is 1.04. The number of hydrogen-bond donors (Lipinski definition) is 1. The lowest BCUT2D eigenvalue weighted by Gasteiger charge is -2.14. The van der Waals surface area contributed by atoms with Crippen molar-refractivity contribution in [1.29, 1.82) is 0 Å². The van der Waals surface area contributed by atoms with E-state index in [0.717, 1.165) is 13.0 Å². The molecule has 1 heterocycles. The fourth-order valence-corrected chi connectivity index (χ4v) is 2.44. The molecule has 0 amide bonds. The standard InChI is InChI=1S/C11H21IN2O2/c1-16-11(15)10(12)9-13-5-4-8-14-6-2-3-7-14/h10,13H,2-9H2,1H3. The Balaban J connectivity index is 1.92. The highest BCUT2D eigenvalue weighted by molar-refractivity contribution is 14.1. The third kappa shape index (κ3) is 5.45. The van der Waals surface area contributed by atoms with Crippen LogP contribution in [0.15, 0.2) is 0 Å². The topological polar surface area (TPSA) is 41.6 Å². The average molecular weight is 340 g/mol. The second-order valence-corrected chi connectivity index (χ2v) is 5.60. The lowest BCUT2D eigenvalue weighted by molar-refractivity contribution is -0.139.